The van der Waals surface area contributed by atoms with Gasteiger partial charge in [-0.2, -0.15) is 10.4 Å². The molecule has 4 nitrogen and oxygen atoms in total. The smallest absolute Gasteiger partial charge is 0.266 e. The third-order valence-electron chi connectivity index (χ3n) is 1.60. The van der Waals surface area contributed by atoms with Crippen molar-refractivity contribution in [2.75, 3.05) is 0 Å². The van der Waals surface area contributed by atoms with Gasteiger partial charge < -0.3 is 0 Å². The van der Waals surface area contributed by atoms with Crippen molar-refractivity contribution in [3.63, 3.8) is 0 Å². The summed E-state index contributed by atoms with van der Waals surface area (Å²) in [5.41, 5.74) is -0.419. The quantitative estimate of drug-likeness (QED) is 0.747. The summed E-state index contributed by atoms with van der Waals surface area (Å²) >= 11 is 11.2. The topological polar surface area (TPSA) is 58.7 Å². The minimum Gasteiger partial charge on any atom is -0.266 e. The molecule has 0 fully saturated rings. The molecule has 0 aliphatic heterocycles. The molecule has 0 N–H and O–H groups in total. The third-order valence-corrected chi connectivity index (χ3v) is 2.35. The van der Waals surface area contributed by atoms with Gasteiger partial charge in [0.25, 0.3) is 5.56 Å². The van der Waals surface area contributed by atoms with Crippen LogP contribution in [0.25, 0.3) is 0 Å². The average molecular weight is 232 g/mol. The molecule has 1 aromatic heterocycles. The molecule has 0 amide bonds. The molecule has 0 saturated carbocycles. The van der Waals surface area contributed by atoms with Gasteiger partial charge in [0.1, 0.15) is 5.02 Å². The van der Waals surface area contributed by atoms with E-state index in [1.807, 2.05) is 6.07 Å². The molecule has 0 aliphatic rings. The Hall–Kier alpha value is -1.05. The molecular weight excluding hydrogens is 225 g/mol. The standard InChI is InChI=1S/C8H7Cl2N3O/c9-6-5-12-13(4-2-1-3-11)8(14)7(6)10/h5H,1-2,4H2. The predicted molar refractivity (Wildman–Crippen MR) is 53.4 cm³/mol. The highest BCUT2D eigenvalue weighted by molar-refractivity contribution is 6.41. The van der Waals surface area contributed by atoms with E-state index in [0.29, 0.717) is 19.4 Å². The van der Waals surface area contributed by atoms with Gasteiger partial charge in [-0.25, -0.2) is 4.68 Å². The summed E-state index contributed by atoms with van der Waals surface area (Å²) < 4.78 is 1.20. The number of hydrogen-bond donors (Lipinski definition) is 0. The van der Waals surface area contributed by atoms with Crippen LogP contribution in [0.5, 0.6) is 0 Å². The van der Waals surface area contributed by atoms with Crippen molar-refractivity contribution in [2.45, 2.75) is 19.4 Å². The largest absolute Gasteiger partial charge is 0.287 e. The molecule has 0 aliphatic carbocycles. The van der Waals surface area contributed by atoms with Gasteiger partial charge >= 0.3 is 0 Å². The number of aromatic nitrogens is 2. The van der Waals surface area contributed by atoms with Gasteiger partial charge in [0.15, 0.2) is 0 Å². The Bertz CT molecular complexity index is 422. The Morgan fingerprint density at radius 3 is 2.93 bits per heavy atom. The molecule has 0 saturated heterocycles. The van der Waals surface area contributed by atoms with E-state index in [9.17, 15) is 4.79 Å². The first-order valence-electron chi connectivity index (χ1n) is 3.95. The zero-order valence-electron chi connectivity index (χ0n) is 7.20. The number of halogens is 2. The molecule has 0 spiro atoms. The summed E-state index contributed by atoms with van der Waals surface area (Å²) in [7, 11) is 0. The van der Waals surface area contributed by atoms with Crippen LogP contribution in [0.3, 0.4) is 0 Å². The molecule has 0 unspecified atom stereocenters. The van der Waals surface area contributed by atoms with Gasteiger partial charge in [0.2, 0.25) is 0 Å². The maximum atomic E-state index is 11.4. The van der Waals surface area contributed by atoms with Gasteiger partial charge in [-0.3, -0.25) is 4.79 Å². The summed E-state index contributed by atoms with van der Waals surface area (Å²) in [4.78, 5) is 11.4. The van der Waals surface area contributed by atoms with Crippen LogP contribution >= 0.6 is 23.2 Å². The molecule has 1 aromatic rings. The molecular formula is C8H7Cl2N3O. The van der Waals surface area contributed by atoms with Crippen LogP contribution in [0.2, 0.25) is 10.0 Å². The number of nitriles is 1. The molecule has 14 heavy (non-hydrogen) atoms. The second-order valence-electron chi connectivity index (χ2n) is 2.60. The van der Waals surface area contributed by atoms with E-state index >= 15 is 0 Å². The molecule has 1 rings (SSSR count). The lowest BCUT2D eigenvalue weighted by molar-refractivity contribution is 0.554. The number of hydrogen-bond acceptors (Lipinski definition) is 3. The highest BCUT2D eigenvalue weighted by Crippen LogP contribution is 2.14. The van der Waals surface area contributed by atoms with Crippen molar-refractivity contribution in [3.8, 4) is 6.07 Å². The highest BCUT2D eigenvalue weighted by Gasteiger charge is 2.06. The van der Waals surface area contributed by atoms with Gasteiger partial charge in [-0.05, 0) is 6.42 Å². The molecule has 6 heteroatoms. The van der Waals surface area contributed by atoms with Crippen molar-refractivity contribution in [2.24, 2.45) is 0 Å². The fraction of sp³-hybridized carbons (Fsp3) is 0.375. The van der Waals surface area contributed by atoms with E-state index in [2.05, 4.69) is 5.10 Å². The van der Waals surface area contributed by atoms with Crippen LogP contribution in [-0.4, -0.2) is 9.78 Å². The predicted octanol–water partition coefficient (Wildman–Crippen LogP) is 1.85. The molecule has 0 bridgehead atoms. The van der Waals surface area contributed by atoms with Crippen LogP contribution in [0.1, 0.15) is 12.8 Å². The van der Waals surface area contributed by atoms with E-state index in [0.717, 1.165) is 0 Å². The van der Waals surface area contributed by atoms with E-state index in [1.54, 1.807) is 0 Å². The van der Waals surface area contributed by atoms with E-state index in [1.165, 1.54) is 10.9 Å². The monoisotopic (exact) mass is 231 g/mol. The van der Waals surface area contributed by atoms with Crippen LogP contribution in [-0.2, 0) is 6.54 Å². The molecule has 0 aromatic carbocycles. The Morgan fingerprint density at radius 2 is 2.29 bits per heavy atom. The molecule has 0 atom stereocenters. The van der Waals surface area contributed by atoms with Crippen LogP contribution in [0, 0.1) is 11.3 Å². The van der Waals surface area contributed by atoms with Crippen molar-refractivity contribution >= 4 is 23.2 Å². The maximum absolute atomic E-state index is 11.4. The van der Waals surface area contributed by atoms with E-state index in [4.69, 9.17) is 28.5 Å². The highest BCUT2D eigenvalue weighted by atomic mass is 35.5. The summed E-state index contributed by atoms with van der Waals surface area (Å²) in [5.74, 6) is 0. The minimum atomic E-state index is -0.419. The van der Waals surface area contributed by atoms with Gasteiger partial charge in [-0.15, -0.1) is 0 Å². The first-order valence-corrected chi connectivity index (χ1v) is 4.70. The van der Waals surface area contributed by atoms with E-state index < -0.39 is 5.56 Å². The fourth-order valence-electron chi connectivity index (χ4n) is 0.912. The number of unbranched alkanes of at least 4 members (excludes halogenated alkanes) is 1. The second kappa shape index (κ2) is 4.99. The Morgan fingerprint density at radius 1 is 1.57 bits per heavy atom. The number of rotatable bonds is 3. The molecule has 0 radical (unpaired) electrons. The summed E-state index contributed by atoms with van der Waals surface area (Å²) in [6.07, 6.45) is 2.27. The second-order valence-corrected chi connectivity index (χ2v) is 3.38. The van der Waals surface area contributed by atoms with Crippen molar-refractivity contribution in [3.05, 3.63) is 26.6 Å². The normalized spacial score (nSPS) is 9.79. The lowest BCUT2D eigenvalue weighted by atomic mass is 10.3. The SMILES string of the molecule is N#CCCCn1ncc(Cl)c(Cl)c1=O. The Kier molecular flexibility index (Phi) is 3.93. The Balaban J connectivity index is 2.85. The van der Waals surface area contributed by atoms with Crippen molar-refractivity contribution < 1.29 is 0 Å². The fourth-order valence-corrected chi connectivity index (χ4v) is 1.18. The van der Waals surface area contributed by atoms with Gasteiger partial charge in [-0.1, -0.05) is 23.2 Å². The first-order chi connectivity index (χ1) is 6.66. The lowest BCUT2D eigenvalue weighted by Gasteiger charge is -2.02. The zero-order chi connectivity index (χ0) is 10.6. The van der Waals surface area contributed by atoms with Crippen molar-refractivity contribution in [1.29, 1.82) is 5.26 Å². The molecule has 74 valence electrons. The lowest BCUT2D eigenvalue weighted by Crippen LogP contribution is -2.23. The summed E-state index contributed by atoms with van der Waals surface area (Å²) in [6.45, 7) is 0.378. The van der Waals surface area contributed by atoms with Crippen LogP contribution < -0.4 is 5.56 Å². The summed E-state index contributed by atoms with van der Waals surface area (Å²) in [5, 5.41) is 12.2. The minimum absolute atomic E-state index is 0.0291. The van der Waals surface area contributed by atoms with Gasteiger partial charge in [0, 0.05) is 13.0 Å². The average Bonchev–Trinajstić information content (AvgIpc) is 2.18. The number of nitrogens with zero attached hydrogens (tertiary/aromatic N) is 3. The maximum Gasteiger partial charge on any atom is 0.287 e. The summed E-state index contributed by atoms with van der Waals surface area (Å²) in [6, 6.07) is 1.98. The molecule has 1 heterocycles. The number of aryl methyl sites for hydroxylation is 1. The first kappa shape index (κ1) is 11.0. The van der Waals surface area contributed by atoms with Crippen molar-refractivity contribution in [1.82, 2.24) is 9.78 Å². The van der Waals surface area contributed by atoms with E-state index in [-0.39, 0.29) is 10.0 Å². The Labute approximate surface area is 90.7 Å². The van der Waals surface area contributed by atoms with Crippen LogP contribution in [0.4, 0.5) is 0 Å². The van der Waals surface area contributed by atoms with Gasteiger partial charge in [0.05, 0.1) is 17.3 Å². The van der Waals surface area contributed by atoms with Crippen LogP contribution in [0.15, 0.2) is 11.0 Å². The zero-order valence-corrected chi connectivity index (χ0v) is 8.72. The third kappa shape index (κ3) is 2.47.